The lowest BCUT2D eigenvalue weighted by atomic mass is 9.95. The zero-order chi connectivity index (χ0) is 24.9. The van der Waals surface area contributed by atoms with E-state index >= 15 is 0 Å². The smallest absolute Gasteiger partial charge is 0.227 e. The van der Waals surface area contributed by atoms with E-state index < -0.39 is 0 Å². The first kappa shape index (κ1) is 23.6. The van der Waals surface area contributed by atoms with Gasteiger partial charge in [0.1, 0.15) is 11.4 Å². The summed E-state index contributed by atoms with van der Waals surface area (Å²) in [4.78, 5) is 31.9. The van der Waals surface area contributed by atoms with Gasteiger partial charge in [-0.1, -0.05) is 36.4 Å². The number of carbonyl (C=O) groups is 2. The third-order valence-corrected chi connectivity index (χ3v) is 6.67. The maximum Gasteiger partial charge on any atom is 0.227 e. The van der Waals surface area contributed by atoms with Crippen LogP contribution in [0.4, 0.5) is 5.69 Å². The van der Waals surface area contributed by atoms with Gasteiger partial charge < -0.3 is 19.4 Å². The highest BCUT2D eigenvalue weighted by atomic mass is 16.5. The minimum Gasteiger partial charge on any atom is -0.493 e. The zero-order valence-corrected chi connectivity index (χ0v) is 20.4. The van der Waals surface area contributed by atoms with E-state index in [1.807, 2.05) is 95.3 Å². The van der Waals surface area contributed by atoms with Crippen molar-refractivity contribution < 1.29 is 14.3 Å². The summed E-state index contributed by atoms with van der Waals surface area (Å²) >= 11 is 0. The van der Waals surface area contributed by atoms with E-state index in [0.29, 0.717) is 39.0 Å². The predicted molar refractivity (Wildman–Crippen MR) is 140 cm³/mol. The molecular formula is C29H30N4O3. The molecule has 1 aliphatic heterocycles. The molecule has 2 amide bonds. The van der Waals surface area contributed by atoms with Gasteiger partial charge in [-0.15, -0.1) is 0 Å². The Kier molecular flexibility index (Phi) is 6.98. The van der Waals surface area contributed by atoms with Crippen molar-refractivity contribution in [2.75, 3.05) is 25.0 Å². The van der Waals surface area contributed by atoms with Crippen LogP contribution in [0.2, 0.25) is 0 Å². The van der Waals surface area contributed by atoms with Gasteiger partial charge in [0.2, 0.25) is 11.8 Å². The highest BCUT2D eigenvalue weighted by molar-refractivity contribution is 5.93. The Morgan fingerprint density at radius 1 is 1.00 bits per heavy atom. The first-order chi connectivity index (χ1) is 17.6. The summed E-state index contributed by atoms with van der Waals surface area (Å²) < 4.78 is 7.66. The van der Waals surface area contributed by atoms with E-state index in [2.05, 4.69) is 5.32 Å². The number of piperidine rings is 1. The van der Waals surface area contributed by atoms with Crippen LogP contribution < -0.4 is 10.1 Å². The Bertz CT molecular complexity index is 1340. The number of imidazole rings is 1. The standard InChI is InChI=1S/C29H30N4O3/c1-21-6-5-16-33-20-26(31-28(21)33)22-9-11-24(12-10-22)30-29(35)23-13-17-32(18-14-23)27(34)15-19-36-25-7-3-2-4-8-25/h2-12,16,20,23H,13-15,17-19H2,1H3,(H,30,35). The lowest BCUT2D eigenvalue weighted by Gasteiger charge is -2.31. The maximum atomic E-state index is 12.8. The van der Waals surface area contributed by atoms with Crippen LogP contribution in [0.5, 0.6) is 5.75 Å². The summed E-state index contributed by atoms with van der Waals surface area (Å²) in [5.74, 6) is 0.742. The summed E-state index contributed by atoms with van der Waals surface area (Å²) in [7, 11) is 0. The number of hydrogen-bond acceptors (Lipinski definition) is 4. The van der Waals surface area contributed by atoms with Crippen LogP contribution in [0.3, 0.4) is 0 Å². The lowest BCUT2D eigenvalue weighted by Crippen LogP contribution is -2.41. The average Bonchev–Trinajstić information content (AvgIpc) is 3.36. The number of ether oxygens (including phenoxy) is 1. The molecule has 0 unspecified atom stereocenters. The molecule has 36 heavy (non-hydrogen) atoms. The number of anilines is 1. The molecule has 1 aliphatic rings. The van der Waals surface area contributed by atoms with E-state index in [-0.39, 0.29) is 17.7 Å². The molecule has 1 saturated heterocycles. The van der Waals surface area contributed by atoms with E-state index in [1.54, 1.807) is 0 Å². The number of pyridine rings is 1. The molecule has 4 aromatic rings. The summed E-state index contributed by atoms with van der Waals surface area (Å²) in [6.45, 7) is 3.59. The van der Waals surface area contributed by atoms with E-state index in [4.69, 9.17) is 9.72 Å². The number of fused-ring (bicyclic) bond motifs is 1. The molecule has 5 rings (SSSR count). The molecule has 1 fully saturated rings. The molecule has 0 bridgehead atoms. The van der Waals surface area contributed by atoms with Gasteiger partial charge in [-0.05, 0) is 55.7 Å². The van der Waals surface area contributed by atoms with Crippen LogP contribution in [-0.4, -0.2) is 45.8 Å². The Balaban J connectivity index is 1.09. The highest BCUT2D eigenvalue weighted by Crippen LogP contribution is 2.24. The molecule has 0 radical (unpaired) electrons. The molecule has 2 aromatic carbocycles. The lowest BCUT2D eigenvalue weighted by molar-refractivity contribution is -0.135. The minimum absolute atomic E-state index is 0.00520. The second-order valence-electron chi connectivity index (χ2n) is 9.18. The van der Waals surface area contributed by atoms with Gasteiger partial charge in [0, 0.05) is 42.7 Å². The van der Waals surface area contributed by atoms with Crippen LogP contribution >= 0.6 is 0 Å². The van der Waals surface area contributed by atoms with Gasteiger partial charge in [-0.25, -0.2) is 4.98 Å². The van der Waals surface area contributed by atoms with Gasteiger partial charge >= 0.3 is 0 Å². The van der Waals surface area contributed by atoms with Crippen molar-refractivity contribution in [3.8, 4) is 17.0 Å². The van der Waals surface area contributed by atoms with Gasteiger partial charge in [0.15, 0.2) is 0 Å². The second-order valence-corrected chi connectivity index (χ2v) is 9.18. The largest absolute Gasteiger partial charge is 0.493 e. The third-order valence-electron chi connectivity index (χ3n) is 6.67. The Hall–Kier alpha value is -4.13. The molecule has 1 N–H and O–H groups in total. The highest BCUT2D eigenvalue weighted by Gasteiger charge is 2.27. The van der Waals surface area contributed by atoms with Crippen molar-refractivity contribution in [3.05, 3.63) is 84.7 Å². The molecule has 0 saturated carbocycles. The van der Waals surface area contributed by atoms with E-state index in [9.17, 15) is 9.59 Å². The van der Waals surface area contributed by atoms with Crippen LogP contribution in [-0.2, 0) is 9.59 Å². The van der Waals surface area contributed by atoms with Crippen LogP contribution in [0, 0.1) is 12.8 Å². The number of hydrogen-bond donors (Lipinski definition) is 1. The number of nitrogens with one attached hydrogen (secondary N) is 1. The Morgan fingerprint density at radius 2 is 1.75 bits per heavy atom. The van der Waals surface area contributed by atoms with E-state index in [1.165, 1.54) is 0 Å². The molecule has 0 aliphatic carbocycles. The second kappa shape index (κ2) is 10.6. The SMILES string of the molecule is Cc1cccn2cc(-c3ccc(NC(=O)C4CCN(C(=O)CCOc5ccccc5)CC4)cc3)nc12. The fourth-order valence-corrected chi connectivity index (χ4v) is 4.58. The molecule has 3 heterocycles. The zero-order valence-electron chi connectivity index (χ0n) is 20.4. The number of para-hydroxylation sites is 1. The number of nitrogens with zero attached hydrogens (tertiary/aromatic N) is 3. The number of likely N-dealkylation sites (tertiary alicyclic amines) is 1. The number of aromatic nitrogens is 2. The maximum absolute atomic E-state index is 12.8. The quantitative estimate of drug-likeness (QED) is 0.404. The van der Waals surface area contributed by atoms with Gasteiger partial charge in [0.25, 0.3) is 0 Å². The molecule has 7 nitrogen and oxygen atoms in total. The van der Waals surface area contributed by atoms with Gasteiger partial charge in [-0.2, -0.15) is 0 Å². The monoisotopic (exact) mass is 482 g/mol. The van der Waals surface area contributed by atoms with Crippen LogP contribution in [0.25, 0.3) is 16.9 Å². The predicted octanol–water partition coefficient (Wildman–Crippen LogP) is 4.96. The average molecular weight is 483 g/mol. The topological polar surface area (TPSA) is 75.9 Å². The van der Waals surface area contributed by atoms with Crippen molar-refractivity contribution in [3.63, 3.8) is 0 Å². The molecule has 0 spiro atoms. The summed E-state index contributed by atoms with van der Waals surface area (Å²) in [6, 6.07) is 21.3. The van der Waals surface area contributed by atoms with Crippen molar-refractivity contribution >= 4 is 23.1 Å². The summed E-state index contributed by atoms with van der Waals surface area (Å²) in [5, 5.41) is 3.03. The number of rotatable bonds is 7. The minimum atomic E-state index is -0.101. The van der Waals surface area contributed by atoms with E-state index in [0.717, 1.165) is 33.9 Å². The van der Waals surface area contributed by atoms with Crippen molar-refractivity contribution in [2.24, 2.45) is 5.92 Å². The van der Waals surface area contributed by atoms with Crippen molar-refractivity contribution in [2.45, 2.75) is 26.2 Å². The first-order valence-corrected chi connectivity index (χ1v) is 12.4. The molecule has 0 atom stereocenters. The van der Waals surface area contributed by atoms with Gasteiger partial charge in [-0.3, -0.25) is 9.59 Å². The fourth-order valence-electron chi connectivity index (χ4n) is 4.58. The summed E-state index contributed by atoms with van der Waals surface area (Å²) in [5.41, 5.74) is 4.73. The molecule has 7 heteroatoms. The first-order valence-electron chi connectivity index (χ1n) is 12.4. The number of amides is 2. The molecule has 2 aromatic heterocycles. The summed E-state index contributed by atoms with van der Waals surface area (Å²) in [6.07, 6.45) is 5.67. The fraction of sp³-hybridized carbons (Fsp3) is 0.276. The Labute approximate surface area is 210 Å². The number of aryl methyl sites for hydroxylation is 1. The Morgan fingerprint density at radius 3 is 2.47 bits per heavy atom. The number of benzene rings is 2. The normalized spacial score (nSPS) is 14.1. The van der Waals surface area contributed by atoms with Crippen LogP contribution in [0.15, 0.2) is 79.1 Å². The number of carbonyl (C=O) groups excluding carboxylic acids is 2. The van der Waals surface area contributed by atoms with Crippen LogP contribution in [0.1, 0.15) is 24.8 Å². The van der Waals surface area contributed by atoms with Crippen molar-refractivity contribution in [1.29, 1.82) is 0 Å². The third kappa shape index (κ3) is 5.40. The van der Waals surface area contributed by atoms with Crippen molar-refractivity contribution in [1.82, 2.24) is 14.3 Å². The van der Waals surface area contributed by atoms with Gasteiger partial charge in [0.05, 0.1) is 18.7 Å². The molecular weight excluding hydrogens is 452 g/mol. The molecule has 184 valence electrons.